The van der Waals surface area contributed by atoms with E-state index >= 15 is 0 Å². The summed E-state index contributed by atoms with van der Waals surface area (Å²) >= 11 is 0. The molecular formula is C18H17N5O3. The first kappa shape index (κ1) is 17.3. The van der Waals surface area contributed by atoms with E-state index in [0.717, 1.165) is 15.8 Å². The molecule has 0 fully saturated rings. The van der Waals surface area contributed by atoms with Gasteiger partial charge in [0, 0.05) is 5.69 Å². The van der Waals surface area contributed by atoms with Gasteiger partial charge in [0.1, 0.15) is 12.1 Å². The Morgan fingerprint density at radius 3 is 2.62 bits per heavy atom. The number of anilines is 1. The van der Waals surface area contributed by atoms with E-state index in [1.165, 1.54) is 0 Å². The third kappa shape index (κ3) is 3.75. The van der Waals surface area contributed by atoms with E-state index in [1.54, 1.807) is 36.4 Å². The van der Waals surface area contributed by atoms with E-state index in [9.17, 15) is 14.4 Å². The molecule has 132 valence electrons. The standard InChI is InChI=1S/C18H17N5O3/c1-11-7-8-13(9-12(11)2)19-18(26)20-16(24)10-23-17(25)14-5-3-4-6-15(14)21-22-23/h3-9H,10H2,1-2H3,(H2,19,20,24,26). The number of imide groups is 1. The molecule has 2 N–H and O–H groups in total. The molecule has 0 atom stereocenters. The second-order valence-electron chi connectivity index (χ2n) is 5.87. The fourth-order valence-corrected chi connectivity index (χ4v) is 2.41. The topological polar surface area (TPSA) is 106 Å². The first-order valence-electron chi connectivity index (χ1n) is 7.94. The number of hydrogen-bond donors (Lipinski definition) is 2. The maximum atomic E-state index is 12.3. The van der Waals surface area contributed by atoms with E-state index in [4.69, 9.17) is 0 Å². The molecule has 0 aliphatic heterocycles. The molecule has 1 heterocycles. The molecule has 0 unspecified atom stereocenters. The van der Waals surface area contributed by atoms with E-state index in [1.807, 2.05) is 19.9 Å². The smallest absolute Gasteiger partial charge is 0.308 e. The molecule has 0 bridgehead atoms. The summed E-state index contributed by atoms with van der Waals surface area (Å²) in [5, 5.41) is 12.7. The van der Waals surface area contributed by atoms with Crippen molar-refractivity contribution in [3.05, 3.63) is 63.9 Å². The number of amides is 3. The Hall–Kier alpha value is -3.55. The molecule has 2 aromatic carbocycles. The van der Waals surface area contributed by atoms with Crippen LogP contribution in [-0.4, -0.2) is 26.9 Å². The van der Waals surface area contributed by atoms with Crippen molar-refractivity contribution in [2.75, 3.05) is 5.32 Å². The van der Waals surface area contributed by atoms with Gasteiger partial charge in [-0.05, 0) is 49.2 Å². The summed E-state index contributed by atoms with van der Waals surface area (Å²) in [6.07, 6.45) is 0. The molecule has 0 radical (unpaired) electrons. The van der Waals surface area contributed by atoms with E-state index in [2.05, 4.69) is 20.9 Å². The zero-order valence-corrected chi connectivity index (χ0v) is 14.3. The number of aromatic nitrogens is 3. The summed E-state index contributed by atoms with van der Waals surface area (Å²) in [4.78, 5) is 36.3. The van der Waals surface area contributed by atoms with Crippen LogP contribution < -0.4 is 16.2 Å². The molecule has 3 rings (SSSR count). The fraction of sp³-hybridized carbons (Fsp3) is 0.167. The number of fused-ring (bicyclic) bond motifs is 1. The monoisotopic (exact) mass is 351 g/mol. The van der Waals surface area contributed by atoms with Crippen LogP contribution in [-0.2, 0) is 11.3 Å². The van der Waals surface area contributed by atoms with Gasteiger partial charge in [-0.1, -0.05) is 23.4 Å². The largest absolute Gasteiger partial charge is 0.325 e. The second kappa shape index (κ2) is 7.14. The summed E-state index contributed by atoms with van der Waals surface area (Å²) in [6, 6.07) is 11.4. The van der Waals surface area contributed by atoms with Crippen molar-refractivity contribution >= 4 is 28.5 Å². The minimum atomic E-state index is -0.681. The van der Waals surface area contributed by atoms with Gasteiger partial charge in [-0.25, -0.2) is 9.48 Å². The van der Waals surface area contributed by atoms with E-state index in [0.29, 0.717) is 16.6 Å². The van der Waals surface area contributed by atoms with Crippen LogP contribution in [0.3, 0.4) is 0 Å². The van der Waals surface area contributed by atoms with Crippen LogP contribution in [0.4, 0.5) is 10.5 Å². The van der Waals surface area contributed by atoms with Gasteiger partial charge in [0.15, 0.2) is 0 Å². The lowest BCUT2D eigenvalue weighted by Gasteiger charge is -2.09. The highest BCUT2D eigenvalue weighted by atomic mass is 16.2. The Morgan fingerprint density at radius 1 is 1.08 bits per heavy atom. The summed E-state index contributed by atoms with van der Waals surface area (Å²) in [5.74, 6) is -0.669. The number of rotatable bonds is 3. The molecule has 0 aliphatic rings. The average Bonchev–Trinajstić information content (AvgIpc) is 2.61. The molecule has 1 aromatic heterocycles. The summed E-state index contributed by atoms with van der Waals surface area (Å²) in [7, 11) is 0. The zero-order chi connectivity index (χ0) is 18.7. The fourth-order valence-electron chi connectivity index (χ4n) is 2.41. The van der Waals surface area contributed by atoms with Crippen molar-refractivity contribution in [3.8, 4) is 0 Å². The van der Waals surface area contributed by atoms with Crippen molar-refractivity contribution in [1.82, 2.24) is 20.3 Å². The molecular weight excluding hydrogens is 334 g/mol. The number of hydrogen-bond acceptors (Lipinski definition) is 5. The Labute approximate surface area is 148 Å². The Balaban J connectivity index is 1.67. The molecule has 8 nitrogen and oxygen atoms in total. The lowest BCUT2D eigenvalue weighted by Crippen LogP contribution is -2.39. The van der Waals surface area contributed by atoms with Gasteiger partial charge in [0.25, 0.3) is 5.56 Å². The third-order valence-electron chi connectivity index (χ3n) is 3.94. The predicted molar refractivity (Wildman–Crippen MR) is 96.9 cm³/mol. The quantitative estimate of drug-likeness (QED) is 0.748. The number of nitrogens with zero attached hydrogens (tertiary/aromatic N) is 3. The van der Waals surface area contributed by atoms with Crippen LogP contribution in [0.25, 0.3) is 10.9 Å². The normalized spacial score (nSPS) is 10.5. The van der Waals surface area contributed by atoms with Gasteiger partial charge in [0.2, 0.25) is 5.91 Å². The van der Waals surface area contributed by atoms with Crippen LogP contribution in [0, 0.1) is 13.8 Å². The van der Waals surface area contributed by atoms with Crippen LogP contribution in [0.1, 0.15) is 11.1 Å². The van der Waals surface area contributed by atoms with Gasteiger partial charge >= 0.3 is 6.03 Å². The number of carbonyl (C=O) groups is 2. The summed E-state index contributed by atoms with van der Waals surface area (Å²) in [5.41, 5.74) is 2.69. The van der Waals surface area contributed by atoms with Crippen molar-refractivity contribution in [1.29, 1.82) is 0 Å². The number of benzene rings is 2. The van der Waals surface area contributed by atoms with Crippen LogP contribution in [0.5, 0.6) is 0 Å². The van der Waals surface area contributed by atoms with Crippen LogP contribution in [0.2, 0.25) is 0 Å². The van der Waals surface area contributed by atoms with Gasteiger partial charge in [-0.2, -0.15) is 0 Å². The predicted octanol–water partition coefficient (Wildman–Crippen LogP) is 1.76. The highest BCUT2D eigenvalue weighted by Gasteiger charge is 2.12. The highest BCUT2D eigenvalue weighted by molar-refractivity contribution is 6.01. The minimum absolute atomic E-state index is 0.356. The van der Waals surface area contributed by atoms with E-state index in [-0.39, 0.29) is 0 Å². The molecule has 0 saturated carbocycles. The minimum Gasteiger partial charge on any atom is -0.308 e. The maximum Gasteiger partial charge on any atom is 0.325 e. The third-order valence-corrected chi connectivity index (χ3v) is 3.94. The first-order valence-corrected chi connectivity index (χ1v) is 7.94. The van der Waals surface area contributed by atoms with Gasteiger partial charge < -0.3 is 5.32 Å². The number of aryl methyl sites for hydroxylation is 2. The first-order chi connectivity index (χ1) is 12.4. The van der Waals surface area contributed by atoms with Crippen LogP contribution in [0.15, 0.2) is 47.3 Å². The van der Waals surface area contributed by atoms with Gasteiger partial charge in [0.05, 0.1) is 5.39 Å². The maximum absolute atomic E-state index is 12.3. The van der Waals surface area contributed by atoms with Crippen molar-refractivity contribution in [2.45, 2.75) is 20.4 Å². The van der Waals surface area contributed by atoms with Crippen molar-refractivity contribution < 1.29 is 9.59 Å². The zero-order valence-electron chi connectivity index (χ0n) is 14.3. The Morgan fingerprint density at radius 2 is 1.85 bits per heavy atom. The SMILES string of the molecule is Cc1ccc(NC(=O)NC(=O)Cn2nnc3ccccc3c2=O)cc1C. The number of urea groups is 1. The second-order valence-corrected chi connectivity index (χ2v) is 5.87. The van der Waals surface area contributed by atoms with Crippen molar-refractivity contribution in [3.63, 3.8) is 0 Å². The molecule has 3 amide bonds. The lowest BCUT2D eigenvalue weighted by atomic mass is 10.1. The molecule has 26 heavy (non-hydrogen) atoms. The Kier molecular flexibility index (Phi) is 4.74. The van der Waals surface area contributed by atoms with Gasteiger partial charge in [-0.15, -0.1) is 5.10 Å². The summed E-state index contributed by atoms with van der Waals surface area (Å²) < 4.78 is 0.918. The molecule has 3 aromatic rings. The number of carbonyl (C=O) groups excluding carboxylic acids is 2. The summed E-state index contributed by atoms with van der Waals surface area (Å²) in [6.45, 7) is 3.48. The molecule has 0 saturated heterocycles. The molecule has 0 aliphatic carbocycles. The Bertz CT molecular complexity index is 1060. The molecule has 0 spiro atoms. The molecule has 8 heteroatoms. The van der Waals surface area contributed by atoms with Gasteiger partial charge in [-0.3, -0.25) is 14.9 Å². The average molecular weight is 351 g/mol. The van der Waals surface area contributed by atoms with E-state index < -0.39 is 24.0 Å². The van der Waals surface area contributed by atoms with Crippen molar-refractivity contribution in [2.24, 2.45) is 0 Å². The lowest BCUT2D eigenvalue weighted by molar-refractivity contribution is -0.120. The van der Waals surface area contributed by atoms with Crippen LogP contribution >= 0.6 is 0 Å². The highest BCUT2D eigenvalue weighted by Crippen LogP contribution is 2.13. The number of nitrogens with one attached hydrogen (secondary N) is 2.